The molecule has 0 spiro atoms. The van der Waals surface area contributed by atoms with Gasteiger partial charge in [-0.2, -0.15) is 0 Å². The first kappa shape index (κ1) is 13.1. The minimum Gasteiger partial charge on any atom is -0.352 e. The van der Waals surface area contributed by atoms with Crippen molar-refractivity contribution in [3.63, 3.8) is 0 Å². The minimum atomic E-state index is 0.0849. The summed E-state index contributed by atoms with van der Waals surface area (Å²) in [5.41, 5.74) is 1.25. The van der Waals surface area contributed by atoms with Gasteiger partial charge in [0.05, 0.1) is 0 Å². The third-order valence-electron chi connectivity index (χ3n) is 3.33. The zero-order chi connectivity index (χ0) is 13.0. The summed E-state index contributed by atoms with van der Waals surface area (Å²) in [6.07, 6.45) is 7.59. The molecular formula is C14H23N3O. The number of nitrogens with zero attached hydrogens (tertiary/aromatic N) is 1. The largest absolute Gasteiger partial charge is 0.352 e. The second-order valence-electron chi connectivity index (χ2n) is 5.22. The predicted octanol–water partition coefficient (Wildman–Crippen LogP) is 1.65. The van der Waals surface area contributed by atoms with E-state index >= 15 is 0 Å². The number of rotatable bonds is 7. The van der Waals surface area contributed by atoms with Crippen LogP contribution in [0.1, 0.15) is 38.7 Å². The maximum absolute atomic E-state index is 11.7. The number of nitrogens with one attached hydrogen (secondary N) is 2. The van der Waals surface area contributed by atoms with Gasteiger partial charge >= 0.3 is 0 Å². The molecule has 1 aliphatic carbocycles. The van der Waals surface area contributed by atoms with Crippen LogP contribution in [0.3, 0.4) is 0 Å². The highest BCUT2D eigenvalue weighted by molar-refractivity contribution is 5.76. The summed E-state index contributed by atoms with van der Waals surface area (Å²) in [7, 11) is 0. The highest BCUT2D eigenvalue weighted by Gasteiger charge is 2.20. The maximum atomic E-state index is 11.7. The summed E-state index contributed by atoms with van der Waals surface area (Å²) >= 11 is 0. The highest BCUT2D eigenvalue weighted by atomic mass is 16.2. The third kappa shape index (κ3) is 4.18. The minimum absolute atomic E-state index is 0.0849. The molecule has 4 heteroatoms. The van der Waals surface area contributed by atoms with E-state index in [0.29, 0.717) is 6.54 Å². The molecule has 1 aromatic rings. The molecule has 0 aliphatic heterocycles. The van der Waals surface area contributed by atoms with Gasteiger partial charge in [-0.05, 0) is 37.8 Å². The zero-order valence-electron chi connectivity index (χ0n) is 11.3. The van der Waals surface area contributed by atoms with Crippen LogP contribution >= 0.6 is 0 Å². The van der Waals surface area contributed by atoms with Gasteiger partial charge in [0.2, 0.25) is 5.91 Å². The van der Waals surface area contributed by atoms with Crippen molar-refractivity contribution in [2.75, 3.05) is 0 Å². The standard InChI is InChI=1S/C14H23N3O/c1-3-11(2)16-14(18)10-17-7-6-12(9-17)8-15-13-4-5-13/h6-7,9,11,13,15H,3-5,8,10H2,1-2H3,(H,16,18). The molecule has 1 fully saturated rings. The van der Waals surface area contributed by atoms with E-state index in [4.69, 9.17) is 0 Å². The van der Waals surface area contributed by atoms with Crippen molar-refractivity contribution in [2.24, 2.45) is 0 Å². The summed E-state index contributed by atoms with van der Waals surface area (Å²) in [5.74, 6) is 0.0849. The summed E-state index contributed by atoms with van der Waals surface area (Å²) in [5, 5.41) is 6.44. The van der Waals surface area contributed by atoms with Crippen LogP contribution in [-0.2, 0) is 17.9 Å². The van der Waals surface area contributed by atoms with Crippen molar-refractivity contribution >= 4 is 5.91 Å². The van der Waals surface area contributed by atoms with Gasteiger partial charge in [0.15, 0.2) is 0 Å². The highest BCUT2D eigenvalue weighted by Crippen LogP contribution is 2.19. The van der Waals surface area contributed by atoms with Crippen LogP contribution in [-0.4, -0.2) is 22.6 Å². The molecule has 18 heavy (non-hydrogen) atoms. The topological polar surface area (TPSA) is 46.1 Å². The van der Waals surface area contributed by atoms with E-state index in [-0.39, 0.29) is 11.9 Å². The van der Waals surface area contributed by atoms with Crippen LogP contribution in [0.4, 0.5) is 0 Å². The molecule has 1 unspecified atom stereocenters. The Labute approximate surface area is 109 Å². The van der Waals surface area contributed by atoms with Gasteiger partial charge in [-0.3, -0.25) is 4.79 Å². The molecule has 0 radical (unpaired) electrons. The lowest BCUT2D eigenvalue weighted by Crippen LogP contribution is -2.34. The fourth-order valence-corrected chi connectivity index (χ4v) is 1.83. The predicted molar refractivity (Wildman–Crippen MR) is 72.2 cm³/mol. The normalized spacial score (nSPS) is 16.6. The van der Waals surface area contributed by atoms with E-state index in [9.17, 15) is 4.79 Å². The SMILES string of the molecule is CCC(C)NC(=O)Cn1ccc(CNC2CC2)c1. The summed E-state index contributed by atoms with van der Waals surface area (Å²) in [4.78, 5) is 11.7. The van der Waals surface area contributed by atoms with Gasteiger partial charge in [0.25, 0.3) is 0 Å². The van der Waals surface area contributed by atoms with Gasteiger partial charge in [-0.25, -0.2) is 0 Å². The number of carbonyl (C=O) groups excluding carboxylic acids is 1. The van der Waals surface area contributed by atoms with Crippen molar-refractivity contribution < 1.29 is 4.79 Å². The van der Waals surface area contributed by atoms with Gasteiger partial charge in [0, 0.05) is 31.0 Å². The summed E-state index contributed by atoms with van der Waals surface area (Å²) < 4.78 is 1.95. The fourth-order valence-electron chi connectivity index (χ4n) is 1.83. The van der Waals surface area contributed by atoms with Crippen molar-refractivity contribution in [3.05, 3.63) is 24.0 Å². The monoisotopic (exact) mass is 249 g/mol. The number of aromatic nitrogens is 1. The van der Waals surface area contributed by atoms with Crippen LogP contribution in [0.25, 0.3) is 0 Å². The molecule has 1 amide bonds. The molecule has 1 aromatic heterocycles. The van der Waals surface area contributed by atoms with Crippen molar-refractivity contribution in [1.29, 1.82) is 0 Å². The van der Waals surface area contributed by atoms with E-state index in [1.807, 2.05) is 23.9 Å². The molecule has 0 aromatic carbocycles. The molecule has 0 bridgehead atoms. The first-order valence-electron chi connectivity index (χ1n) is 6.84. The Bertz CT molecular complexity index is 395. The Morgan fingerprint density at radius 3 is 3.00 bits per heavy atom. The van der Waals surface area contributed by atoms with E-state index in [2.05, 4.69) is 23.6 Å². The lowest BCUT2D eigenvalue weighted by molar-refractivity contribution is -0.122. The van der Waals surface area contributed by atoms with Crippen LogP contribution in [0.5, 0.6) is 0 Å². The molecule has 1 heterocycles. The first-order chi connectivity index (χ1) is 8.67. The molecule has 1 atom stereocenters. The Hall–Kier alpha value is -1.29. The van der Waals surface area contributed by atoms with Crippen LogP contribution < -0.4 is 10.6 Å². The average Bonchev–Trinajstić information content (AvgIpc) is 3.07. The molecule has 100 valence electrons. The quantitative estimate of drug-likeness (QED) is 0.772. The Kier molecular flexibility index (Phi) is 4.42. The first-order valence-corrected chi connectivity index (χ1v) is 6.84. The fraction of sp³-hybridized carbons (Fsp3) is 0.643. The van der Waals surface area contributed by atoms with E-state index < -0.39 is 0 Å². The second kappa shape index (κ2) is 6.05. The maximum Gasteiger partial charge on any atom is 0.240 e. The average molecular weight is 249 g/mol. The van der Waals surface area contributed by atoms with Crippen LogP contribution in [0.15, 0.2) is 18.5 Å². The van der Waals surface area contributed by atoms with Crippen LogP contribution in [0, 0.1) is 0 Å². The van der Waals surface area contributed by atoms with E-state index in [0.717, 1.165) is 19.0 Å². The molecule has 2 N–H and O–H groups in total. The van der Waals surface area contributed by atoms with Crippen molar-refractivity contribution in [1.82, 2.24) is 15.2 Å². The van der Waals surface area contributed by atoms with Gasteiger partial charge in [0.1, 0.15) is 6.54 Å². The Morgan fingerprint density at radius 2 is 2.33 bits per heavy atom. The molecular weight excluding hydrogens is 226 g/mol. The third-order valence-corrected chi connectivity index (χ3v) is 3.33. The molecule has 2 rings (SSSR count). The second-order valence-corrected chi connectivity index (χ2v) is 5.22. The van der Waals surface area contributed by atoms with Gasteiger partial charge in [-0.15, -0.1) is 0 Å². The van der Waals surface area contributed by atoms with Crippen molar-refractivity contribution in [3.8, 4) is 0 Å². The number of hydrogen-bond acceptors (Lipinski definition) is 2. The zero-order valence-corrected chi connectivity index (χ0v) is 11.3. The summed E-state index contributed by atoms with van der Waals surface area (Å²) in [6.45, 7) is 5.42. The summed E-state index contributed by atoms with van der Waals surface area (Å²) in [6, 6.07) is 3.05. The number of carbonyl (C=O) groups is 1. The Balaban J connectivity index is 1.76. The van der Waals surface area contributed by atoms with E-state index in [1.165, 1.54) is 18.4 Å². The van der Waals surface area contributed by atoms with Crippen LogP contribution in [0.2, 0.25) is 0 Å². The van der Waals surface area contributed by atoms with Crippen molar-refractivity contribution in [2.45, 2.75) is 58.3 Å². The lowest BCUT2D eigenvalue weighted by atomic mass is 10.2. The van der Waals surface area contributed by atoms with Gasteiger partial charge < -0.3 is 15.2 Å². The number of hydrogen-bond donors (Lipinski definition) is 2. The number of amides is 1. The smallest absolute Gasteiger partial charge is 0.240 e. The molecule has 1 saturated carbocycles. The molecule has 0 saturated heterocycles. The van der Waals surface area contributed by atoms with E-state index in [1.54, 1.807) is 0 Å². The lowest BCUT2D eigenvalue weighted by Gasteiger charge is -2.11. The molecule has 1 aliphatic rings. The molecule has 4 nitrogen and oxygen atoms in total. The Morgan fingerprint density at radius 1 is 1.56 bits per heavy atom. The van der Waals surface area contributed by atoms with Gasteiger partial charge in [-0.1, -0.05) is 6.92 Å².